The molecule has 1 saturated heterocycles. The molecule has 1 heterocycles. The van der Waals surface area contributed by atoms with Crippen LogP contribution in [0.25, 0.3) is 0 Å². The van der Waals surface area contributed by atoms with Crippen LogP contribution in [0.5, 0.6) is 0 Å². The van der Waals surface area contributed by atoms with Gasteiger partial charge in [-0.1, -0.05) is 0 Å². The van der Waals surface area contributed by atoms with Crippen molar-refractivity contribution in [1.29, 1.82) is 0 Å². The molecule has 0 saturated carbocycles. The Hall–Kier alpha value is -0.410. The summed E-state index contributed by atoms with van der Waals surface area (Å²) in [6, 6.07) is -0.269. The van der Waals surface area contributed by atoms with Crippen molar-refractivity contribution in [3.05, 3.63) is 0 Å². The van der Waals surface area contributed by atoms with Crippen molar-refractivity contribution in [2.45, 2.75) is 12.5 Å². The molecule has 46 valence electrons. The first-order valence-electron chi connectivity index (χ1n) is 2.71. The monoisotopic (exact) mass is 115 g/mol. The number of carbonyl (C=O) groups is 1. The van der Waals surface area contributed by atoms with Gasteiger partial charge in [0, 0.05) is 13.0 Å². The van der Waals surface area contributed by atoms with Crippen molar-refractivity contribution in [3.63, 3.8) is 0 Å². The minimum atomic E-state index is -0.269. The molecule has 0 aromatic heterocycles. The molecule has 0 bridgehead atoms. The van der Waals surface area contributed by atoms with Crippen LogP contribution >= 0.6 is 0 Å². The Balaban J connectivity index is 2.42. The van der Waals surface area contributed by atoms with Crippen LogP contribution in [-0.4, -0.2) is 30.1 Å². The quantitative estimate of drug-likeness (QED) is 0.456. The van der Waals surface area contributed by atoms with Crippen LogP contribution in [0.15, 0.2) is 0 Å². The molecule has 0 aromatic carbocycles. The topological polar surface area (TPSA) is 49.3 Å². The molecule has 3 heteroatoms. The van der Waals surface area contributed by atoms with Gasteiger partial charge in [0.15, 0.2) is 5.78 Å². The van der Waals surface area contributed by atoms with Crippen LogP contribution in [0.4, 0.5) is 0 Å². The van der Waals surface area contributed by atoms with E-state index in [0.29, 0.717) is 6.42 Å². The summed E-state index contributed by atoms with van der Waals surface area (Å²) in [5, 5.41) is 11.3. The molecular weight excluding hydrogens is 106 g/mol. The number of Topliss-reactive ketones (excluding diaryl/α,β-unsaturated/α-hetero) is 1. The van der Waals surface area contributed by atoms with Gasteiger partial charge in [0.1, 0.15) is 0 Å². The summed E-state index contributed by atoms with van der Waals surface area (Å²) in [4.78, 5) is 10.6. The van der Waals surface area contributed by atoms with Crippen LogP contribution in [0.3, 0.4) is 0 Å². The number of rotatable bonds is 1. The summed E-state index contributed by atoms with van der Waals surface area (Å²) < 4.78 is 0. The predicted octanol–water partition coefficient (Wildman–Crippen LogP) is -1.09. The van der Waals surface area contributed by atoms with Crippen LogP contribution < -0.4 is 5.32 Å². The van der Waals surface area contributed by atoms with Crippen molar-refractivity contribution in [2.24, 2.45) is 0 Å². The van der Waals surface area contributed by atoms with Crippen molar-refractivity contribution in [3.8, 4) is 0 Å². The van der Waals surface area contributed by atoms with Crippen molar-refractivity contribution >= 4 is 5.78 Å². The van der Waals surface area contributed by atoms with Gasteiger partial charge in [-0.25, -0.2) is 0 Å². The molecule has 0 spiro atoms. The van der Waals surface area contributed by atoms with E-state index in [0.717, 1.165) is 6.54 Å². The van der Waals surface area contributed by atoms with E-state index in [1.807, 2.05) is 0 Å². The Morgan fingerprint density at radius 2 is 2.62 bits per heavy atom. The molecule has 0 amide bonds. The molecule has 0 radical (unpaired) electrons. The highest BCUT2D eigenvalue weighted by Crippen LogP contribution is 1.97. The molecule has 1 rings (SSSR count). The van der Waals surface area contributed by atoms with E-state index in [1.165, 1.54) is 0 Å². The molecule has 1 aliphatic heterocycles. The van der Waals surface area contributed by atoms with E-state index in [9.17, 15) is 4.79 Å². The minimum absolute atomic E-state index is 0.0567. The lowest BCUT2D eigenvalue weighted by Gasteiger charge is -2.00. The first-order valence-corrected chi connectivity index (χ1v) is 2.71. The smallest absolute Gasteiger partial charge is 0.153 e. The number of aliphatic hydroxyl groups excluding tert-OH is 1. The fourth-order valence-electron chi connectivity index (χ4n) is 0.824. The largest absolute Gasteiger partial charge is 0.394 e. The zero-order valence-corrected chi connectivity index (χ0v) is 4.55. The van der Waals surface area contributed by atoms with E-state index >= 15 is 0 Å². The maximum absolute atomic E-state index is 10.6. The van der Waals surface area contributed by atoms with Crippen molar-refractivity contribution in [2.75, 3.05) is 13.2 Å². The van der Waals surface area contributed by atoms with E-state index in [1.54, 1.807) is 0 Å². The van der Waals surface area contributed by atoms with Crippen LogP contribution in [-0.2, 0) is 4.79 Å². The third kappa shape index (κ3) is 0.877. The highest BCUT2D eigenvalue weighted by Gasteiger charge is 2.21. The molecule has 3 nitrogen and oxygen atoms in total. The molecule has 1 atom stereocenters. The van der Waals surface area contributed by atoms with Gasteiger partial charge in [-0.05, 0) is 0 Å². The number of carbonyl (C=O) groups excluding carboxylic acids is 1. The maximum atomic E-state index is 10.6. The Kier molecular flexibility index (Phi) is 1.60. The first kappa shape index (κ1) is 5.72. The van der Waals surface area contributed by atoms with Gasteiger partial charge in [0.05, 0.1) is 12.6 Å². The third-order valence-corrected chi connectivity index (χ3v) is 1.33. The van der Waals surface area contributed by atoms with Gasteiger partial charge in [0.2, 0.25) is 0 Å². The maximum Gasteiger partial charge on any atom is 0.153 e. The summed E-state index contributed by atoms with van der Waals surface area (Å²) in [5.74, 6) is 0.132. The van der Waals surface area contributed by atoms with E-state index in [4.69, 9.17) is 5.11 Å². The Bertz CT molecular complexity index is 103. The zero-order chi connectivity index (χ0) is 5.98. The zero-order valence-electron chi connectivity index (χ0n) is 4.55. The summed E-state index contributed by atoms with van der Waals surface area (Å²) in [6.07, 6.45) is 0.575. The lowest BCUT2D eigenvalue weighted by atomic mass is 10.2. The Morgan fingerprint density at radius 3 is 2.88 bits per heavy atom. The molecule has 0 unspecified atom stereocenters. The Morgan fingerprint density at radius 1 is 1.88 bits per heavy atom. The van der Waals surface area contributed by atoms with Gasteiger partial charge in [0.25, 0.3) is 0 Å². The highest BCUT2D eigenvalue weighted by molar-refractivity contribution is 5.86. The molecular formula is C5H9NO2. The summed E-state index contributed by atoms with van der Waals surface area (Å²) in [7, 11) is 0. The predicted molar refractivity (Wildman–Crippen MR) is 28.5 cm³/mol. The second-order valence-corrected chi connectivity index (χ2v) is 1.91. The average molecular weight is 115 g/mol. The highest BCUT2D eigenvalue weighted by atomic mass is 16.3. The third-order valence-electron chi connectivity index (χ3n) is 1.33. The fourth-order valence-corrected chi connectivity index (χ4v) is 0.824. The van der Waals surface area contributed by atoms with Crippen LogP contribution in [0, 0.1) is 0 Å². The number of hydrogen-bond donors (Lipinski definition) is 2. The molecule has 1 aliphatic rings. The minimum Gasteiger partial charge on any atom is -0.394 e. The second-order valence-electron chi connectivity index (χ2n) is 1.91. The standard InChI is InChI=1S/C5H9NO2/c7-3-4-5(8)1-2-6-4/h4,6-7H,1-3H2/t4-/m1/s1. The number of aliphatic hydroxyl groups is 1. The lowest BCUT2D eigenvalue weighted by molar-refractivity contribution is -0.119. The Labute approximate surface area is 47.7 Å². The van der Waals surface area contributed by atoms with Crippen molar-refractivity contribution < 1.29 is 9.90 Å². The van der Waals surface area contributed by atoms with Gasteiger partial charge < -0.3 is 10.4 Å². The van der Waals surface area contributed by atoms with E-state index in [2.05, 4.69) is 5.32 Å². The van der Waals surface area contributed by atoms with Crippen LogP contribution in [0.2, 0.25) is 0 Å². The van der Waals surface area contributed by atoms with Crippen LogP contribution in [0.1, 0.15) is 6.42 Å². The number of hydrogen-bond acceptors (Lipinski definition) is 3. The summed E-state index contributed by atoms with van der Waals surface area (Å²) >= 11 is 0. The SMILES string of the molecule is O=C1CCN[C@@H]1CO. The lowest BCUT2D eigenvalue weighted by Crippen LogP contribution is -2.30. The number of ketones is 1. The molecule has 8 heavy (non-hydrogen) atoms. The summed E-state index contributed by atoms with van der Waals surface area (Å²) in [6.45, 7) is 0.670. The van der Waals surface area contributed by atoms with E-state index < -0.39 is 0 Å². The van der Waals surface area contributed by atoms with Gasteiger partial charge in [-0.2, -0.15) is 0 Å². The number of nitrogens with one attached hydrogen (secondary N) is 1. The van der Waals surface area contributed by atoms with Crippen molar-refractivity contribution in [1.82, 2.24) is 5.32 Å². The first-order chi connectivity index (χ1) is 3.84. The molecule has 2 N–H and O–H groups in total. The fraction of sp³-hybridized carbons (Fsp3) is 0.800. The van der Waals surface area contributed by atoms with Gasteiger partial charge in [-0.3, -0.25) is 4.79 Å². The van der Waals surface area contributed by atoms with Gasteiger partial charge >= 0.3 is 0 Å². The molecule has 0 aliphatic carbocycles. The second kappa shape index (κ2) is 2.24. The van der Waals surface area contributed by atoms with Gasteiger partial charge in [-0.15, -0.1) is 0 Å². The average Bonchev–Trinajstić information content (AvgIpc) is 2.14. The normalized spacial score (nSPS) is 29.1. The summed E-state index contributed by atoms with van der Waals surface area (Å²) in [5.41, 5.74) is 0. The molecule has 0 aromatic rings. The van der Waals surface area contributed by atoms with E-state index in [-0.39, 0.29) is 18.4 Å². The molecule has 1 fully saturated rings.